The third-order valence-electron chi connectivity index (χ3n) is 5.54. The van der Waals surface area contributed by atoms with Gasteiger partial charge in [0.1, 0.15) is 11.6 Å². The number of piperidine rings is 1. The van der Waals surface area contributed by atoms with Crippen molar-refractivity contribution in [1.82, 2.24) is 4.98 Å². The number of hydrogen-bond acceptors (Lipinski definition) is 8. The molecule has 10 nitrogen and oxygen atoms in total. The van der Waals surface area contributed by atoms with Gasteiger partial charge in [-0.3, -0.25) is 19.7 Å². The van der Waals surface area contributed by atoms with Crippen molar-refractivity contribution in [2.75, 3.05) is 30.4 Å². The number of anilines is 2. The van der Waals surface area contributed by atoms with Crippen LogP contribution in [0.4, 0.5) is 30.4 Å². The van der Waals surface area contributed by atoms with Gasteiger partial charge in [-0.25, -0.2) is 4.98 Å². The number of hydrogen-bond donors (Lipinski definition) is 1. The summed E-state index contributed by atoms with van der Waals surface area (Å²) in [7, 11) is 1.34. The first-order valence-corrected chi connectivity index (χ1v) is 10.6. The van der Waals surface area contributed by atoms with Gasteiger partial charge < -0.3 is 19.7 Å². The molecule has 0 bridgehead atoms. The predicted molar refractivity (Wildman–Crippen MR) is 118 cm³/mol. The van der Waals surface area contributed by atoms with Gasteiger partial charge in [0.15, 0.2) is 6.10 Å². The van der Waals surface area contributed by atoms with Crippen molar-refractivity contribution in [3.8, 4) is 5.75 Å². The number of nitro benzene ring substituents is 1. The van der Waals surface area contributed by atoms with E-state index in [0.717, 1.165) is 18.3 Å². The van der Waals surface area contributed by atoms with Crippen LogP contribution in [0.1, 0.15) is 25.3 Å². The molecule has 0 radical (unpaired) electrons. The molecule has 2 heterocycles. The van der Waals surface area contributed by atoms with Crippen molar-refractivity contribution >= 4 is 29.1 Å². The van der Waals surface area contributed by atoms with E-state index in [4.69, 9.17) is 9.47 Å². The molecule has 0 saturated carbocycles. The summed E-state index contributed by atoms with van der Waals surface area (Å²) in [6.45, 7) is 2.13. The Bertz CT molecular complexity index is 1090. The second kappa shape index (κ2) is 10.6. The molecule has 1 aliphatic rings. The Morgan fingerprint density at radius 2 is 1.91 bits per heavy atom. The molecule has 0 spiro atoms. The molecule has 35 heavy (non-hydrogen) atoms. The third-order valence-corrected chi connectivity index (χ3v) is 5.54. The van der Waals surface area contributed by atoms with Crippen LogP contribution in [0, 0.1) is 16.0 Å². The number of nitrogens with one attached hydrogen (secondary N) is 1. The molecule has 1 atom stereocenters. The lowest BCUT2D eigenvalue weighted by atomic mass is 9.97. The minimum Gasteiger partial charge on any atom is -0.495 e. The first kappa shape index (κ1) is 25.7. The van der Waals surface area contributed by atoms with Gasteiger partial charge in [-0.1, -0.05) is 0 Å². The second-order valence-corrected chi connectivity index (χ2v) is 7.87. The Kier molecular flexibility index (Phi) is 7.77. The highest BCUT2D eigenvalue weighted by atomic mass is 19.4. The van der Waals surface area contributed by atoms with Crippen LogP contribution in [0.2, 0.25) is 0 Å². The smallest absolute Gasteiger partial charge is 0.417 e. The van der Waals surface area contributed by atoms with Crippen molar-refractivity contribution < 1.29 is 37.2 Å². The normalized spacial score (nSPS) is 15.3. The van der Waals surface area contributed by atoms with E-state index in [1.807, 2.05) is 0 Å². The summed E-state index contributed by atoms with van der Waals surface area (Å²) in [4.78, 5) is 41.1. The van der Waals surface area contributed by atoms with Gasteiger partial charge in [0.25, 0.3) is 11.6 Å². The molecule has 3 rings (SSSR count). The number of aromatic nitrogens is 1. The van der Waals surface area contributed by atoms with E-state index in [2.05, 4.69) is 10.3 Å². The lowest BCUT2D eigenvalue weighted by Gasteiger charge is -2.32. The molecular weight excluding hydrogens is 473 g/mol. The van der Waals surface area contributed by atoms with Crippen LogP contribution in [0.5, 0.6) is 5.75 Å². The molecule has 1 amide bonds. The molecule has 188 valence electrons. The number of benzene rings is 1. The first-order valence-electron chi connectivity index (χ1n) is 10.6. The third kappa shape index (κ3) is 6.37. The Hall–Kier alpha value is -3.90. The maximum atomic E-state index is 12.7. The lowest BCUT2D eigenvalue weighted by Crippen LogP contribution is -2.39. The van der Waals surface area contributed by atoms with Crippen LogP contribution in [-0.4, -0.2) is 48.1 Å². The highest BCUT2D eigenvalue weighted by Crippen LogP contribution is 2.31. The van der Waals surface area contributed by atoms with E-state index in [1.165, 1.54) is 32.2 Å². The van der Waals surface area contributed by atoms with Crippen molar-refractivity contribution in [2.45, 2.75) is 32.0 Å². The Morgan fingerprint density at radius 1 is 1.23 bits per heavy atom. The number of carbonyl (C=O) groups excluding carboxylic acids is 2. The zero-order valence-electron chi connectivity index (χ0n) is 18.9. The number of methoxy groups -OCH3 is 1. The molecule has 1 aliphatic heterocycles. The van der Waals surface area contributed by atoms with E-state index in [0.29, 0.717) is 31.7 Å². The van der Waals surface area contributed by atoms with Gasteiger partial charge >= 0.3 is 12.1 Å². The fraction of sp³-hybridized carbons (Fsp3) is 0.409. The second-order valence-electron chi connectivity index (χ2n) is 7.87. The number of non-ortho nitro benzene ring substituents is 1. The highest BCUT2D eigenvalue weighted by Gasteiger charge is 2.32. The number of carbonyl (C=O) groups is 2. The Labute approximate surface area is 198 Å². The van der Waals surface area contributed by atoms with Gasteiger partial charge in [0.05, 0.1) is 29.2 Å². The number of amides is 1. The maximum absolute atomic E-state index is 12.7. The molecule has 1 saturated heterocycles. The molecule has 0 aliphatic carbocycles. The number of halogens is 3. The van der Waals surface area contributed by atoms with E-state index in [1.54, 1.807) is 4.90 Å². The zero-order valence-corrected chi connectivity index (χ0v) is 18.9. The minimum atomic E-state index is -4.47. The molecule has 1 aromatic heterocycles. The average Bonchev–Trinajstić information content (AvgIpc) is 2.83. The zero-order chi connectivity index (χ0) is 25.8. The van der Waals surface area contributed by atoms with Crippen LogP contribution in [0.3, 0.4) is 0 Å². The monoisotopic (exact) mass is 496 g/mol. The standard InChI is InChI=1S/C22H23F3N4O6/c1-13(20(30)27-17-11-16(29(32)33)4-5-18(17)34-2)35-21(31)14-7-9-28(10-8-14)19-6-3-15(12-26-19)22(23,24)25/h3-6,11-14H,7-10H2,1-2H3,(H,27,30). The summed E-state index contributed by atoms with van der Waals surface area (Å²) >= 11 is 0. The summed E-state index contributed by atoms with van der Waals surface area (Å²) < 4.78 is 48.5. The van der Waals surface area contributed by atoms with Gasteiger partial charge in [0, 0.05) is 31.4 Å². The van der Waals surface area contributed by atoms with Gasteiger partial charge in [-0.15, -0.1) is 0 Å². The van der Waals surface area contributed by atoms with Crippen LogP contribution >= 0.6 is 0 Å². The van der Waals surface area contributed by atoms with Gasteiger partial charge in [-0.2, -0.15) is 13.2 Å². The average molecular weight is 496 g/mol. The molecular formula is C22H23F3N4O6. The van der Waals surface area contributed by atoms with Crippen LogP contribution in [0.25, 0.3) is 0 Å². The number of nitrogens with zero attached hydrogens (tertiary/aromatic N) is 3. The fourth-order valence-electron chi connectivity index (χ4n) is 3.55. The molecule has 2 aromatic rings. The number of alkyl halides is 3. The lowest BCUT2D eigenvalue weighted by molar-refractivity contribution is -0.384. The summed E-state index contributed by atoms with van der Waals surface area (Å²) in [5.41, 5.74) is -1.03. The summed E-state index contributed by atoms with van der Waals surface area (Å²) in [6, 6.07) is 5.94. The molecule has 1 fully saturated rings. The fourth-order valence-corrected chi connectivity index (χ4v) is 3.55. The van der Waals surface area contributed by atoms with Crippen LogP contribution < -0.4 is 15.0 Å². The van der Waals surface area contributed by atoms with E-state index in [-0.39, 0.29) is 17.1 Å². The Balaban J connectivity index is 1.54. The highest BCUT2D eigenvalue weighted by molar-refractivity contribution is 5.96. The van der Waals surface area contributed by atoms with Crippen LogP contribution in [0.15, 0.2) is 36.5 Å². The van der Waals surface area contributed by atoms with Crippen molar-refractivity contribution in [3.63, 3.8) is 0 Å². The van der Waals surface area contributed by atoms with Crippen molar-refractivity contribution in [3.05, 3.63) is 52.2 Å². The van der Waals surface area contributed by atoms with Gasteiger partial charge in [-0.05, 0) is 38.0 Å². The van der Waals surface area contributed by atoms with E-state index < -0.39 is 40.6 Å². The SMILES string of the molecule is COc1ccc([N+](=O)[O-])cc1NC(=O)C(C)OC(=O)C1CCN(c2ccc(C(F)(F)F)cn2)CC1. The van der Waals surface area contributed by atoms with E-state index in [9.17, 15) is 32.9 Å². The first-order chi connectivity index (χ1) is 16.5. The predicted octanol–water partition coefficient (Wildman–Crippen LogP) is 3.80. The molecule has 1 unspecified atom stereocenters. The number of esters is 1. The summed E-state index contributed by atoms with van der Waals surface area (Å²) in [6.07, 6.45) is -4.14. The van der Waals surface area contributed by atoms with Gasteiger partial charge in [0.2, 0.25) is 0 Å². The molecule has 1 aromatic carbocycles. The quantitative estimate of drug-likeness (QED) is 0.349. The topological polar surface area (TPSA) is 124 Å². The summed E-state index contributed by atoms with van der Waals surface area (Å²) in [5, 5.41) is 13.5. The largest absolute Gasteiger partial charge is 0.495 e. The molecule has 1 N–H and O–H groups in total. The van der Waals surface area contributed by atoms with Crippen LogP contribution in [-0.2, 0) is 20.5 Å². The number of ether oxygens (including phenoxy) is 2. The molecule has 13 heteroatoms. The maximum Gasteiger partial charge on any atom is 0.417 e. The number of nitro groups is 1. The van der Waals surface area contributed by atoms with Crippen molar-refractivity contribution in [1.29, 1.82) is 0 Å². The summed E-state index contributed by atoms with van der Waals surface area (Å²) in [5.74, 6) is -1.19. The number of rotatable bonds is 7. The van der Waals surface area contributed by atoms with E-state index >= 15 is 0 Å². The minimum absolute atomic E-state index is 0.0620. The number of pyridine rings is 1. The Morgan fingerprint density at radius 3 is 2.46 bits per heavy atom. The van der Waals surface area contributed by atoms with Crippen molar-refractivity contribution in [2.24, 2.45) is 5.92 Å².